The van der Waals surface area contributed by atoms with Gasteiger partial charge in [0.25, 0.3) is 11.8 Å². The Morgan fingerprint density at radius 1 is 1.00 bits per heavy atom. The second-order valence-corrected chi connectivity index (χ2v) is 9.49. The zero-order chi connectivity index (χ0) is 26.0. The fourth-order valence-corrected chi connectivity index (χ4v) is 4.86. The fraction of sp³-hybridized carbons (Fsp3) is 0.0769. The lowest BCUT2D eigenvalue weighted by molar-refractivity contribution is -0.122. The number of benzene rings is 3. The van der Waals surface area contributed by atoms with Gasteiger partial charge < -0.3 is 9.47 Å². The van der Waals surface area contributed by atoms with E-state index in [2.05, 4.69) is 37.2 Å². The third-order valence-corrected chi connectivity index (χ3v) is 6.25. The molecule has 182 valence electrons. The Hall–Kier alpha value is -3.76. The summed E-state index contributed by atoms with van der Waals surface area (Å²) in [6.07, 6.45) is 1.27. The Morgan fingerprint density at radius 2 is 1.75 bits per heavy atom. The third-order valence-electron chi connectivity index (χ3n) is 5.20. The van der Waals surface area contributed by atoms with Crippen LogP contribution in [0.5, 0.6) is 11.5 Å². The smallest absolute Gasteiger partial charge is 0.343 e. The van der Waals surface area contributed by atoms with Gasteiger partial charge in [0.05, 0.1) is 22.8 Å². The van der Waals surface area contributed by atoms with E-state index in [9.17, 15) is 19.2 Å². The molecular weight excluding hydrogens is 596 g/mol. The van der Waals surface area contributed by atoms with Gasteiger partial charge in [0.1, 0.15) is 11.3 Å². The summed E-state index contributed by atoms with van der Waals surface area (Å²) in [5.74, 6) is -1.81. The summed E-state index contributed by atoms with van der Waals surface area (Å²) >= 11 is 6.76. The molecule has 0 aromatic heterocycles. The minimum absolute atomic E-state index is 0.0997. The molecule has 0 atom stereocenters. The largest absolute Gasteiger partial charge is 0.497 e. The van der Waals surface area contributed by atoms with Gasteiger partial charge >= 0.3 is 12.0 Å². The second-order valence-electron chi connectivity index (χ2n) is 7.72. The molecule has 1 heterocycles. The van der Waals surface area contributed by atoms with Crippen LogP contribution in [0.25, 0.3) is 6.08 Å². The number of hydrogen-bond donors (Lipinski definition) is 1. The first kappa shape index (κ1) is 25.3. The molecule has 3 aromatic rings. The van der Waals surface area contributed by atoms with Crippen molar-refractivity contribution in [2.45, 2.75) is 6.92 Å². The average molecular weight is 614 g/mol. The highest BCUT2D eigenvalue weighted by Crippen LogP contribution is 2.36. The maximum absolute atomic E-state index is 13.3. The minimum Gasteiger partial charge on any atom is -0.497 e. The van der Waals surface area contributed by atoms with Crippen LogP contribution in [0.4, 0.5) is 10.5 Å². The van der Waals surface area contributed by atoms with Gasteiger partial charge in [0, 0.05) is 16.1 Å². The van der Waals surface area contributed by atoms with Gasteiger partial charge in [0.15, 0.2) is 5.75 Å². The van der Waals surface area contributed by atoms with Crippen LogP contribution in [-0.2, 0) is 9.59 Å². The number of ether oxygens (including phenoxy) is 2. The van der Waals surface area contributed by atoms with Crippen molar-refractivity contribution >= 4 is 67.4 Å². The highest BCUT2D eigenvalue weighted by atomic mass is 79.9. The Morgan fingerprint density at radius 3 is 2.47 bits per heavy atom. The van der Waals surface area contributed by atoms with Crippen LogP contribution in [0.3, 0.4) is 0 Å². The molecule has 3 aromatic carbocycles. The molecule has 0 saturated carbocycles. The van der Waals surface area contributed by atoms with Gasteiger partial charge in [-0.3, -0.25) is 14.9 Å². The van der Waals surface area contributed by atoms with Crippen molar-refractivity contribution in [1.29, 1.82) is 0 Å². The number of nitrogens with zero attached hydrogens (tertiary/aromatic N) is 1. The predicted molar refractivity (Wildman–Crippen MR) is 140 cm³/mol. The molecular formula is C26H18Br2N2O6. The van der Waals surface area contributed by atoms with Gasteiger partial charge in [-0.15, -0.1) is 0 Å². The van der Waals surface area contributed by atoms with Crippen LogP contribution in [0.1, 0.15) is 21.5 Å². The lowest BCUT2D eigenvalue weighted by atomic mass is 10.1. The molecule has 1 N–H and O–H groups in total. The molecule has 1 fully saturated rings. The van der Waals surface area contributed by atoms with Crippen molar-refractivity contribution in [2.75, 3.05) is 12.0 Å². The predicted octanol–water partition coefficient (Wildman–Crippen LogP) is 5.41. The first-order valence-electron chi connectivity index (χ1n) is 10.5. The van der Waals surface area contributed by atoms with E-state index < -0.39 is 23.8 Å². The summed E-state index contributed by atoms with van der Waals surface area (Å²) in [6, 6.07) is 15.6. The van der Waals surface area contributed by atoms with Crippen molar-refractivity contribution < 1.29 is 28.7 Å². The Kier molecular flexibility index (Phi) is 7.37. The van der Waals surface area contributed by atoms with E-state index in [1.807, 2.05) is 13.0 Å². The number of hydrogen-bond acceptors (Lipinski definition) is 6. The minimum atomic E-state index is -0.892. The molecule has 1 aliphatic rings. The van der Waals surface area contributed by atoms with Crippen LogP contribution in [0.15, 0.2) is 75.2 Å². The quantitative estimate of drug-likeness (QED) is 0.179. The molecule has 8 nitrogen and oxygen atoms in total. The lowest BCUT2D eigenvalue weighted by Gasteiger charge is -2.26. The number of esters is 1. The number of amides is 4. The van der Waals surface area contributed by atoms with Crippen LogP contribution < -0.4 is 19.7 Å². The molecule has 0 radical (unpaired) electrons. The number of rotatable bonds is 5. The standard InChI is InChI=1S/C26H18Br2N2O6/c1-14-5-3-6-15(9-14)25(33)36-22-16(10-17(27)12-21(22)28)11-20-23(31)29-26(34)30(24(20)32)18-7-4-8-19(13-18)35-2/h3-13H,1-2H3,(H,29,31,34)/b20-11-. The molecule has 10 heteroatoms. The first-order chi connectivity index (χ1) is 17.2. The third kappa shape index (κ3) is 5.24. The SMILES string of the molecule is COc1cccc(N2C(=O)NC(=O)/C(=C/c3cc(Br)cc(Br)c3OC(=O)c3cccc(C)c3)C2=O)c1. The van der Waals surface area contributed by atoms with Gasteiger partial charge in [-0.25, -0.2) is 14.5 Å². The van der Waals surface area contributed by atoms with E-state index in [1.165, 1.54) is 25.3 Å². The lowest BCUT2D eigenvalue weighted by Crippen LogP contribution is -2.54. The van der Waals surface area contributed by atoms with Crippen LogP contribution in [0.2, 0.25) is 0 Å². The van der Waals surface area contributed by atoms with E-state index in [1.54, 1.807) is 42.5 Å². The maximum atomic E-state index is 13.3. The van der Waals surface area contributed by atoms with Gasteiger partial charge in [-0.2, -0.15) is 0 Å². The summed E-state index contributed by atoms with van der Waals surface area (Å²) in [6.45, 7) is 1.85. The fourth-order valence-electron chi connectivity index (χ4n) is 3.52. The first-order valence-corrected chi connectivity index (χ1v) is 12.1. The second kappa shape index (κ2) is 10.5. The number of nitrogens with one attached hydrogen (secondary N) is 1. The van der Waals surface area contributed by atoms with Gasteiger partial charge in [-0.05, 0) is 65.3 Å². The number of urea groups is 1. The molecule has 4 rings (SSSR count). The maximum Gasteiger partial charge on any atom is 0.343 e. The van der Waals surface area contributed by atoms with Crippen molar-refractivity contribution in [2.24, 2.45) is 0 Å². The van der Waals surface area contributed by atoms with E-state index >= 15 is 0 Å². The normalized spacial score (nSPS) is 14.6. The summed E-state index contributed by atoms with van der Waals surface area (Å²) in [5, 5.41) is 2.17. The van der Waals surface area contributed by atoms with Crippen molar-refractivity contribution in [3.05, 3.63) is 91.9 Å². The molecule has 0 aliphatic carbocycles. The monoisotopic (exact) mass is 612 g/mol. The van der Waals surface area contributed by atoms with Crippen LogP contribution >= 0.6 is 31.9 Å². The summed E-state index contributed by atoms with van der Waals surface area (Å²) in [7, 11) is 1.46. The topological polar surface area (TPSA) is 102 Å². The van der Waals surface area contributed by atoms with Crippen LogP contribution in [0, 0.1) is 6.92 Å². The molecule has 0 bridgehead atoms. The van der Waals surface area contributed by atoms with Gasteiger partial charge in [0.2, 0.25) is 0 Å². The number of imide groups is 2. The number of carbonyl (C=O) groups excluding carboxylic acids is 4. The van der Waals surface area contributed by atoms with E-state index in [4.69, 9.17) is 9.47 Å². The number of halogens is 2. The summed E-state index contributed by atoms with van der Waals surface area (Å²) < 4.78 is 11.8. The molecule has 1 aliphatic heterocycles. The highest BCUT2D eigenvalue weighted by molar-refractivity contribution is 9.11. The average Bonchev–Trinajstić information content (AvgIpc) is 2.83. The van der Waals surface area contributed by atoms with Gasteiger partial charge in [-0.1, -0.05) is 39.7 Å². The van der Waals surface area contributed by atoms with Crippen molar-refractivity contribution in [3.63, 3.8) is 0 Å². The number of methoxy groups -OCH3 is 1. The number of anilines is 1. The zero-order valence-corrected chi connectivity index (χ0v) is 22.2. The number of barbiturate groups is 1. The Labute approximate surface area is 223 Å². The highest BCUT2D eigenvalue weighted by Gasteiger charge is 2.37. The Balaban J connectivity index is 1.75. The molecule has 4 amide bonds. The molecule has 36 heavy (non-hydrogen) atoms. The van der Waals surface area contributed by atoms with E-state index in [0.29, 0.717) is 20.3 Å². The number of aryl methyl sites for hydroxylation is 1. The van der Waals surface area contributed by atoms with Crippen molar-refractivity contribution in [1.82, 2.24) is 5.32 Å². The Bertz CT molecular complexity index is 1450. The number of carbonyl (C=O) groups is 4. The van der Waals surface area contributed by atoms with E-state index in [-0.39, 0.29) is 22.6 Å². The van der Waals surface area contributed by atoms with E-state index in [0.717, 1.165) is 10.5 Å². The molecule has 1 saturated heterocycles. The molecule has 0 spiro atoms. The van der Waals surface area contributed by atoms with Crippen molar-refractivity contribution in [3.8, 4) is 11.5 Å². The summed E-state index contributed by atoms with van der Waals surface area (Å²) in [4.78, 5) is 52.2. The van der Waals surface area contributed by atoms with Crippen LogP contribution in [-0.4, -0.2) is 30.9 Å². The summed E-state index contributed by atoms with van der Waals surface area (Å²) in [5.41, 5.74) is 1.38. The zero-order valence-electron chi connectivity index (χ0n) is 19.0. The molecule has 0 unspecified atom stereocenters.